The van der Waals surface area contributed by atoms with Crippen LogP contribution in [0, 0.1) is 0 Å². The molecule has 0 bridgehead atoms. The molecule has 2 aromatic heterocycles. The van der Waals surface area contributed by atoms with E-state index < -0.39 is 15.2 Å². The van der Waals surface area contributed by atoms with Gasteiger partial charge in [0.1, 0.15) is 17.3 Å². The fourth-order valence-corrected chi connectivity index (χ4v) is 7.93. The molecule has 1 aliphatic heterocycles. The van der Waals surface area contributed by atoms with Crippen LogP contribution >= 0.6 is 0 Å². The molecule has 5 nitrogen and oxygen atoms in total. The van der Waals surface area contributed by atoms with Crippen LogP contribution in [0.3, 0.4) is 0 Å². The van der Waals surface area contributed by atoms with Crippen molar-refractivity contribution in [2.24, 2.45) is 5.73 Å². The summed E-state index contributed by atoms with van der Waals surface area (Å²) in [4.78, 5) is 11.2. The number of rotatable bonds is 4. The van der Waals surface area contributed by atoms with Gasteiger partial charge in [0.2, 0.25) is 0 Å². The number of halogens is 2. The molecule has 3 atom stereocenters. The molecule has 0 radical (unpaired) electrons. The molecule has 2 aliphatic rings. The third-order valence-electron chi connectivity index (χ3n) is 6.12. The van der Waals surface area contributed by atoms with Crippen molar-refractivity contribution >= 4 is 31.2 Å². The molecule has 3 N–H and O–H groups in total. The van der Waals surface area contributed by atoms with Crippen molar-refractivity contribution in [2.45, 2.75) is 63.3 Å². The maximum atomic E-state index is 13.2. The van der Waals surface area contributed by atoms with Gasteiger partial charge in [-0.25, -0.2) is 18.7 Å². The zero-order valence-electron chi connectivity index (χ0n) is 16.0. The molecule has 8 heteroatoms. The van der Waals surface area contributed by atoms with Gasteiger partial charge in [-0.15, -0.1) is 0 Å². The minimum absolute atomic E-state index is 0.0980. The first kappa shape index (κ1) is 18.6. The van der Waals surface area contributed by atoms with Gasteiger partial charge in [0.15, 0.2) is 0 Å². The van der Waals surface area contributed by atoms with Crippen LogP contribution < -0.4 is 16.0 Å². The van der Waals surface area contributed by atoms with Crippen molar-refractivity contribution in [1.29, 1.82) is 0 Å². The van der Waals surface area contributed by atoms with E-state index >= 15 is 0 Å². The Kier molecular flexibility index (Phi) is 4.58. The fourth-order valence-electron chi connectivity index (χ4n) is 4.69. The van der Waals surface area contributed by atoms with Gasteiger partial charge in [-0.2, -0.15) is 0 Å². The Labute approximate surface area is 160 Å². The van der Waals surface area contributed by atoms with Gasteiger partial charge in [-0.05, 0) is 45.2 Å². The molecule has 1 aliphatic carbocycles. The summed E-state index contributed by atoms with van der Waals surface area (Å²) in [7, 11) is -0.868. The standard InChI is InChI=1S/C19H27F2N5Si/c1-11(2)24-18-14-7-16(23-9-12(14)6-15(25-18)17(20)21)26-10-27(3)19(26)5-4-13(22)8-19/h6-7,9,11,13,17,27H,4-5,8,10,22H2,1-3H3,(H,24,25)/t13-,19?,27+/m1/s1. The third kappa shape index (κ3) is 3.08. The molecule has 4 rings (SSSR count). The van der Waals surface area contributed by atoms with Crippen LogP contribution in [0.25, 0.3) is 10.8 Å². The van der Waals surface area contributed by atoms with Crippen molar-refractivity contribution in [3.8, 4) is 0 Å². The second-order valence-corrected chi connectivity index (χ2v) is 11.6. The molecule has 1 spiro atoms. The average molecular weight is 392 g/mol. The SMILES string of the molecule is CC(C)Nc1nc(C(F)F)cc2cnc(N3C[Si@H](C)C34CC[C@@H](N)C4)cc12. The van der Waals surface area contributed by atoms with Gasteiger partial charge in [-0.3, -0.25) is 0 Å². The molecule has 27 heavy (non-hydrogen) atoms. The summed E-state index contributed by atoms with van der Waals surface area (Å²) in [6.45, 7) is 6.36. The van der Waals surface area contributed by atoms with Crippen molar-refractivity contribution < 1.29 is 8.78 Å². The fraction of sp³-hybridized carbons (Fsp3) is 0.579. The first-order valence-corrected chi connectivity index (χ1v) is 12.2. The molecule has 0 aromatic carbocycles. The molecule has 1 saturated heterocycles. The van der Waals surface area contributed by atoms with Crippen LogP contribution in [0.1, 0.15) is 45.2 Å². The van der Waals surface area contributed by atoms with Crippen LogP contribution in [-0.4, -0.2) is 42.2 Å². The summed E-state index contributed by atoms with van der Waals surface area (Å²) in [6, 6.07) is 3.82. The highest BCUT2D eigenvalue weighted by molar-refractivity contribution is 6.66. The lowest BCUT2D eigenvalue weighted by molar-refractivity contribution is 0.146. The molecule has 146 valence electrons. The summed E-state index contributed by atoms with van der Waals surface area (Å²) < 4.78 is 26.5. The topological polar surface area (TPSA) is 67.1 Å². The first-order valence-electron chi connectivity index (χ1n) is 9.69. The van der Waals surface area contributed by atoms with E-state index in [0.717, 1.165) is 36.6 Å². The lowest BCUT2D eigenvalue weighted by atomic mass is 10.1. The molecule has 3 heterocycles. The van der Waals surface area contributed by atoms with E-state index in [1.54, 1.807) is 6.20 Å². The maximum Gasteiger partial charge on any atom is 0.280 e. The van der Waals surface area contributed by atoms with E-state index in [1.807, 2.05) is 19.9 Å². The van der Waals surface area contributed by atoms with Gasteiger partial charge in [0, 0.05) is 40.4 Å². The highest BCUT2D eigenvalue weighted by atomic mass is 28.3. The van der Waals surface area contributed by atoms with E-state index in [0.29, 0.717) is 11.2 Å². The van der Waals surface area contributed by atoms with Crippen LogP contribution in [0.5, 0.6) is 0 Å². The lowest BCUT2D eigenvalue weighted by Crippen LogP contribution is -2.72. The number of aromatic nitrogens is 2. The summed E-state index contributed by atoms with van der Waals surface area (Å²) in [5, 5.41) is 4.98. The summed E-state index contributed by atoms with van der Waals surface area (Å²) >= 11 is 0. The van der Waals surface area contributed by atoms with Crippen LogP contribution in [0.15, 0.2) is 18.3 Å². The number of anilines is 2. The second kappa shape index (κ2) is 6.67. The molecular formula is C19H27F2N5Si. The van der Waals surface area contributed by atoms with Gasteiger partial charge >= 0.3 is 0 Å². The largest absolute Gasteiger partial charge is 0.367 e. The normalized spacial score (nSPS) is 27.8. The summed E-state index contributed by atoms with van der Waals surface area (Å²) in [6.07, 6.45) is 3.44. The van der Waals surface area contributed by atoms with E-state index in [-0.39, 0.29) is 22.9 Å². The minimum atomic E-state index is -2.60. The van der Waals surface area contributed by atoms with Gasteiger partial charge in [-0.1, -0.05) is 6.55 Å². The zero-order valence-corrected chi connectivity index (χ0v) is 17.2. The summed E-state index contributed by atoms with van der Waals surface area (Å²) in [5.41, 5.74) is 6.00. The Bertz CT molecular complexity index is 861. The molecular weight excluding hydrogens is 364 g/mol. The number of hydrogen-bond acceptors (Lipinski definition) is 5. The lowest BCUT2D eigenvalue weighted by Gasteiger charge is -2.56. The van der Waals surface area contributed by atoms with Crippen molar-refractivity contribution in [3.05, 3.63) is 24.0 Å². The first-order chi connectivity index (χ1) is 12.8. The van der Waals surface area contributed by atoms with Gasteiger partial charge in [0.25, 0.3) is 6.43 Å². The Morgan fingerprint density at radius 3 is 2.74 bits per heavy atom. The number of nitrogens with one attached hydrogen (secondary N) is 1. The number of nitrogens with two attached hydrogens (primary N) is 1. The highest BCUT2D eigenvalue weighted by Crippen LogP contribution is 2.46. The van der Waals surface area contributed by atoms with Gasteiger partial charge < -0.3 is 16.0 Å². The molecule has 1 saturated carbocycles. The quantitative estimate of drug-likeness (QED) is 0.782. The maximum absolute atomic E-state index is 13.2. The van der Waals surface area contributed by atoms with Crippen LogP contribution in [-0.2, 0) is 0 Å². The number of hydrogen-bond donors (Lipinski definition) is 2. The molecule has 0 amide bonds. The van der Waals surface area contributed by atoms with Crippen molar-refractivity contribution in [3.63, 3.8) is 0 Å². The Balaban J connectivity index is 1.76. The monoisotopic (exact) mass is 391 g/mol. The van der Waals surface area contributed by atoms with Crippen molar-refractivity contribution in [1.82, 2.24) is 9.97 Å². The number of pyridine rings is 2. The number of fused-ring (bicyclic) bond motifs is 1. The average Bonchev–Trinajstić information content (AvgIpc) is 3.03. The van der Waals surface area contributed by atoms with E-state index in [9.17, 15) is 8.78 Å². The Hall–Kier alpha value is -1.80. The third-order valence-corrected chi connectivity index (χ3v) is 9.70. The van der Waals surface area contributed by atoms with Crippen molar-refractivity contribution in [2.75, 3.05) is 16.4 Å². The van der Waals surface area contributed by atoms with E-state index in [1.165, 1.54) is 6.07 Å². The molecule has 1 unspecified atom stereocenters. The van der Waals surface area contributed by atoms with Crippen LogP contribution in [0.4, 0.5) is 20.4 Å². The minimum Gasteiger partial charge on any atom is -0.367 e. The second-order valence-electron chi connectivity index (χ2n) is 8.38. The van der Waals surface area contributed by atoms with E-state index in [4.69, 9.17) is 5.73 Å². The summed E-state index contributed by atoms with van der Waals surface area (Å²) in [5.74, 6) is 1.42. The number of nitrogens with zero attached hydrogens (tertiary/aromatic N) is 3. The highest BCUT2D eigenvalue weighted by Gasteiger charge is 2.55. The number of alkyl halides is 2. The van der Waals surface area contributed by atoms with E-state index in [2.05, 4.69) is 26.7 Å². The van der Waals surface area contributed by atoms with Gasteiger partial charge in [0.05, 0.1) is 8.80 Å². The smallest absolute Gasteiger partial charge is 0.280 e. The predicted octanol–water partition coefficient (Wildman–Crippen LogP) is 3.39. The zero-order chi connectivity index (χ0) is 19.3. The molecule has 2 fully saturated rings. The molecule has 2 aromatic rings. The predicted molar refractivity (Wildman–Crippen MR) is 108 cm³/mol. The Morgan fingerprint density at radius 1 is 1.37 bits per heavy atom. The Morgan fingerprint density at radius 2 is 2.15 bits per heavy atom. The van der Waals surface area contributed by atoms with Crippen LogP contribution in [0.2, 0.25) is 6.55 Å².